The Morgan fingerprint density at radius 2 is 1.95 bits per heavy atom. The van der Waals surface area contributed by atoms with Crippen LogP contribution in [-0.2, 0) is 11.2 Å². The first-order valence-electron chi connectivity index (χ1n) is 6.86. The lowest BCUT2D eigenvalue weighted by molar-refractivity contribution is -0.139. The van der Waals surface area contributed by atoms with Crippen LogP contribution in [0.3, 0.4) is 0 Å². The van der Waals surface area contributed by atoms with E-state index in [9.17, 15) is 9.59 Å². The van der Waals surface area contributed by atoms with Gasteiger partial charge >= 0.3 is 12.0 Å². The standard InChI is InChI=1S/C16H20N2O3/c1-3-13(4-2)17-16(21)18-14(15(19)20)11-10-12-8-6-5-7-9-12/h1,5-9,13-14H,4,10-11H2,2H3,(H,19,20)(H2,17,18,21). The maximum Gasteiger partial charge on any atom is 0.326 e. The predicted octanol–water partition coefficient (Wildman–Crippen LogP) is 1.78. The average Bonchev–Trinajstić information content (AvgIpc) is 2.49. The second-order valence-electron chi connectivity index (χ2n) is 4.66. The lowest BCUT2D eigenvalue weighted by Crippen LogP contribution is -2.48. The summed E-state index contributed by atoms with van der Waals surface area (Å²) in [4.78, 5) is 22.9. The van der Waals surface area contributed by atoms with Gasteiger partial charge in [0.1, 0.15) is 6.04 Å². The van der Waals surface area contributed by atoms with E-state index in [0.29, 0.717) is 19.3 Å². The zero-order valence-electron chi connectivity index (χ0n) is 12.0. The van der Waals surface area contributed by atoms with Gasteiger partial charge in [0.25, 0.3) is 0 Å². The number of benzene rings is 1. The van der Waals surface area contributed by atoms with Gasteiger partial charge in [0.2, 0.25) is 0 Å². The molecule has 0 bridgehead atoms. The van der Waals surface area contributed by atoms with Crippen LogP contribution in [0.5, 0.6) is 0 Å². The zero-order chi connectivity index (χ0) is 15.7. The second kappa shape index (κ2) is 8.64. The summed E-state index contributed by atoms with van der Waals surface area (Å²) in [5.41, 5.74) is 1.03. The third-order valence-electron chi connectivity index (χ3n) is 3.08. The molecule has 0 aliphatic heterocycles. The van der Waals surface area contributed by atoms with Gasteiger partial charge in [0, 0.05) is 0 Å². The minimum Gasteiger partial charge on any atom is -0.480 e. The number of aliphatic carboxylic acids is 1. The van der Waals surface area contributed by atoms with Crippen molar-refractivity contribution in [1.29, 1.82) is 0 Å². The van der Waals surface area contributed by atoms with E-state index in [4.69, 9.17) is 11.5 Å². The van der Waals surface area contributed by atoms with Crippen LogP contribution in [0, 0.1) is 12.3 Å². The molecule has 2 unspecified atom stereocenters. The van der Waals surface area contributed by atoms with Crippen molar-refractivity contribution in [3.05, 3.63) is 35.9 Å². The van der Waals surface area contributed by atoms with E-state index >= 15 is 0 Å². The molecule has 0 radical (unpaired) electrons. The molecule has 112 valence electrons. The van der Waals surface area contributed by atoms with E-state index in [1.165, 1.54) is 0 Å². The number of carbonyl (C=O) groups is 2. The van der Waals surface area contributed by atoms with Crippen molar-refractivity contribution in [1.82, 2.24) is 10.6 Å². The smallest absolute Gasteiger partial charge is 0.326 e. The number of carboxylic acids is 1. The number of urea groups is 1. The van der Waals surface area contributed by atoms with Gasteiger partial charge in [-0.25, -0.2) is 9.59 Å². The van der Waals surface area contributed by atoms with Crippen LogP contribution in [0.1, 0.15) is 25.3 Å². The Morgan fingerprint density at radius 3 is 2.48 bits per heavy atom. The van der Waals surface area contributed by atoms with Gasteiger partial charge in [-0.2, -0.15) is 0 Å². The molecule has 2 atom stereocenters. The molecule has 5 nitrogen and oxygen atoms in total. The molecule has 0 spiro atoms. The number of carboxylic acid groups (broad SMARTS) is 1. The second-order valence-corrected chi connectivity index (χ2v) is 4.66. The number of rotatable bonds is 7. The van der Waals surface area contributed by atoms with Crippen molar-refractivity contribution in [2.24, 2.45) is 0 Å². The molecule has 21 heavy (non-hydrogen) atoms. The van der Waals surface area contributed by atoms with E-state index in [0.717, 1.165) is 5.56 Å². The Bertz CT molecular complexity index is 508. The lowest BCUT2D eigenvalue weighted by atomic mass is 10.1. The largest absolute Gasteiger partial charge is 0.480 e. The maximum atomic E-state index is 11.7. The molecule has 0 saturated heterocycles. The molecule has 0 aliphatic carbocycles. The number of nitrogens with one attached hydrogen (secondary N) is 2. The highest BCUT2D eigenvalue weighted by atomic mass is 16.4. The number of carbonyl (C=O) groups excluding carboxylic acids is 1. The Morgan fingerprint density at radius 1 is 1.29 bits per heavy atom. The number of terminal acetylenes is 1. The monoisotopic (exact) mass is 288 g/mol. The summed E-state index contributed by atoms with van der Waals surface area (Å²) in [5, 5.41) is 14.2. The molecule has 0 heterocycles. The molecule has 3 N–H and O–H groups in total. The molecule has 1 aromatic carbocycles. The Kier molecular flexibility index (Phi) is 6.82. The molecule has 5 heteroatoms. The van der Waals surface area contributed by atoms with E-state index < -0.39 is 24.1 Å². The Balaban J connectivity index is 2.52. The molecule has 1 aromatic rings. The minimum absolute atomic E-state index is 0.319. The van der Waals surface area contributed by atoms with E-state index in [1.54, 1.807) is 0 Å². The number of aryl methyl sites for hydroxylation is 1. The first kappa shape index (κ1) is 16.6. The summed E-state index contributed by atoms with van der Waals surface area (Å²) < 4.78 is 0. The first-order chi connectivity index (χ1) is 10.1. The van der Waals surface area contributed by atoms with Gasteiger partial charge in [-0.1, -0.05) is 43.2 Å². The fourth-order valence-electron chi connectivity index (χ4n) is 1.83. The van der Waals surface area contributed by atoms with Crippen LogP contribution < -0.4 is 10.6 Å². The first-order valence-corrected chi connectivity index (χ1v) is 6.86. The van der Waals surface area contributed by atoms with Crippen LogP contribution in [-0.4, -0.2) is 29.2 Å². The van der Waals surface area contributed by atoms with Gasteiger partial charge in [-0.15, -0.1) is 6.42 Å². The quantitative estimate of drug-likeness (QED) is 0.669. The summed E-state index contributed by atoms with van der Waals surface area (Å²) in [6.45, 7) is 1.84. The van der Waals surface area contributed by atoms with Crippen molar-refractivity contribution in [2.45, 2.75) is 38.3 Å². The molecule has 0 saturated carbocycles. The number of hydrogen-bond donors (Lipinski definition) is 3. The molecule has 1 rings (SSSR count). The summed E-state index contributed by atoms with van der Waals surface area (Å²) >= 11 is 0. The molecule has 0 fully saturated rings. The summed E-state index contributed by atoms with van der Waals surface area (Å²) in [6.07, 6.45) is 6.73. The molecular formula is C16H20N2O3. The van der Waals surface area contributed by atoms with Crippen LogP contribution in [0.4, 0.5) is 4.79 Å². The zero-order valence-corrected chi connectivity index (χ0v) is 12.0. The van der Waals surface area contributed by atoms with Crippen LogP contribution in [0.2, 0.25) is 0 Å². The van der Waals surface area contributed by atoms with Crippen molar-refractivity contribution < 1.29 is 14.7 Å². The Labute approximate surface area is 124 Å². The summed E-state index contributed by atoms with van der Waals surface area (Å²) in [6, 6.07) is 7.63. The molecule has 0 aromatic heterocycles. The molecule has 0 aliphatic rings. The third kappa shape index (κ3) is 6.00. The highest BCUT2D eigenvalue weighted by molar-refractivity contribution is 5.82. The van der Waals surface area contributed by atoms with Gasteiger partial charge < -0.3 is 15.7 Å². The summed E-state index contributed by atoms with van der Waals surface area (Å²) in [7, 11) is 0. The number of amides is 2. The fraction of sp³-hybridized carbons (Fsp3) is 0.375. The van der Waals surface area contributed by atoms with Crippen LogP contribution in [0.25, 0.3) is 0 Å². The highest BCUT2D eigenvalue weighted by Crippen LogP contribution is 2.05. The van der Waals surface area contributed by atoms with Crippen molar-refractivity contribution in [3.8, 4) is 12.3 Å². The fourth-order valence-corrected chi connectivity index (χ4v) is 1.83. The molecule has 2 amide bonds. The van der Waals surface area contributed by atoms with Gasteiger partial charge in [-0.05, 0) is 24.8 Å². The van der Waals surface area contributed by atoms with Crippen molar-refractivity contribution >= 4 is 12.0 Å². The van der Waals surface area contributed by atoms with Crippen LogP contribution in [0.15, 0.2) is 30.3 Å². The molecular weight excluding hydrogens is 268 g/mol. The SMILES string of the molecule is C#CC(CC)NC(=O)NC(CCc1ccccc1)C(=O)O. The average molecular weight is 288 g/mol. The van der Waals surface area contributed by atoms with Crippen LogP contribution >= 0.6 is 0 Å². The van der Waals surface area contributed by atoms with E-state index in [2.05, 4.69) is 16.6 Å². The van der Waals surface area contributed by atoms with Crippen molar-refractivity contribution in [3.63, 3.8) is 0 Å². The van der Waals surface area contributed by atoms with Gasteiger partial charge in [-0.3, -0.25) is 0 Å². The predicted molar refractivity (Wildman–Crippen MR) is 80.8 cm³/mol. The lowest BCUT2D eigenvalue weighted by Gasteiger charge is -2.17. The maximum absolute atomic E-state index is 11.7. The topological polar surface area (TPSA) is 78.4 Å². The number of hydrogen-bond acceptors (Lipinski definition) is 2. The Hall–Kier alpha value is -2.48. The van der Waals surface area contributed by atoms with E-state index in [-0.39, 0.29) is 0 Å². The minimum atomic E-state index is -1.06. The van der Waals surface area contributed by atoms with Gasteiger partial charge in [0.05, 0.1) is 6.04 Å². The van der Waals surface area contributed by atoms with Gasteiger partial charge in [0.15, 0.2) is 0 Å². The highest BCUT2D eigenvalue weighted by Gasteiger charge is 2.20. The van der Waals surface area contributed by atoms with E-state index in [1.807, 2.05) is 37.3 Å². The normalized spacial score (nSPS) is 12.8. The third-order valence-corrected chi connectivity index (χ3v) is 3.08. The van der Waals surface area contributed by atoms with Crippen molar-refractivity contribution in [2.75, 3.05) is 0 Å². The summed E-state index contributed by atoms with van der Waals surface area (Å²) in [5.74, 6) is 1.36.